The molecule has 1 aliphatic carbocycles. The molecule has 0 N–H and O–H groups in total. The zero-order valence-electron chi connectivity index (χ0n) is 22.1. The quantitative estimate of drug-likeness (QED) is 0.449. The molecule has 0 nitrogen and oxygen atoms in total. The van der Waals surface area contributed by atoms with Crippen LogP contribution >= 0.6 is 0 Å². The zero-order valence-corrected chi connectivity index (χ0v) is 22.1. The van der Waals surface area contributed by atoms with Crippen LogP contribution in [0.2, 0.25) is 0 Å². The fraction of sp³-hybridized carbons (Fsp3) is 0.613. The van der Waals surface area contributed by atoms with Gasteiger partial charge >= 0.3 is 0 Å². The maximum atomic E-state index is 2.58. The van der Waals surface area contributed by atoms with Crippen LogP contribution in [0.3, 0.4) is 0 Å². The summed E-state index contributed by atoms with van der Waals surface area (Å²) in [7, 11) is 0. The molecule has 0 radical (unpaired) electrons. The van der Waals surface area contributed by atoms with Gasteiger partial charge in [0.05, 0.1) is 0 Å². The topological polar surface area (TPSA) is 0 Å². The smallest absolute Gasteiger partial charge is 0.0240 e. The van der Waals surface area contributed by atoms with Crippen LogP contribution in [0.4, 0.5) is 0 Å². The summed E-state index contributed by atoms with van der Waals surface area (Å²) in [6.45, 7) is 21.1. The number of aryl methyl sites for hydroxylation is 2. The second-order valence-corrected chi connectivity index (χ2v) is 10.1. The Morgan fingerprint density at radius 3 is 1.71 bits per heavy atom. The van der Waals surface area contributed by atoms with E-state index in [-0.39, 0.29) is 0 Å². The van der Waals surface area contributed by atoms with Crippen LogP contribution in [0.15, 0.2) is 60.7 Å². The first-order valence-corrected chi connectivity index (χ1v) is 12.8. The van der Waals surface area contributed by atoms with Crippen LogP contribution in [0.5, 0.6) is 0 Å². The Balaban J connectivity index is 0.000000447. The Hall–Kier alpha value is -1.56. The predicted octanol–water partition coefficient (Wildman–Crippen LogP) is 9.91. The highest BCUT2D eigenvalue weighted by Crippen LogP contribution is 2.65. The molecule has 0 spiro atoms. The summed E-state index contributed by atoms with van der Waals surface area (Å²) in [5.41, 5.74) is 4.16. The van der Waals surface area contributed by atoms with E-state index in [4.69, 9.17) is 0 Å². The maximum absolute atomic E-state index is 2.58. The highest BCUT2D eigenvalue weighted by Gasteiger charge is 2.57. The second kappa shape index (κ2) is 12.5. The lowest BCUT2D eigenvalue weighted by Gasteiger charge is -2.63. The molecule has 31 heavy (non-hydrogen) atoms. The van der Waals surface area contributed by atoms with E-state index in [9.17, 15) is 0 Å². The van der Waals surface area contributed by atoms with E-state index >= 15 is 0 Å². The van der Waals surface area contributed by atoms with E-state index in [1.165, 1.54) is 49.7 Å². The average molecular weight is 423 g/mol. The van der Waals surface area contributed by atoms with Gasteiger partial charge in [-0.05, 0) is 73.2 Å². The molecule has 0 bridgehead atoms. The van der Waals surface area contributed by atoms with E-state index in [0.29, 0.717) is 16.2 Å². The third kappa shape index (κ3) is 6.24. The first-order chi connectivity index (χ1) is 14.7. The zero-order chi connectivity index (χ0) is 23.5. The average Bonchev–Trinajstić information content (AvgIpc) is 2.80. The van der Waals surface area contributed by atoms with E-state index in [0.717, 1.165) is 5.92 Å². The Morgan fingerprint density at radius 1 is 0.806 bits per heavy atom. The molecule has 2 aromatic rings. The summed E-state index contributed by atoms with van der Waals surface area (Å²) in [5.74, 6) is 0.817. The summed E-state index contributed by atoms with van der Waals surface area (Å²) >= 11 is 0. The minimum atomic E-state index is 0.399. The maximum Gasteiger partial charge on any atom is -0.0240 e. The van der Waals surface area contributed by atoms with E-state index in [1.807, 2.05) is 32.0 Å². The standard InChI is InChI=1S/C22H36.C7H8.C2H6/c1-7-22(8-2)17-14-18(3)21(6,20(22,4)5)16-15-19-12-10-9-11-13-19;1-7-5-3-2-4-6-7;1-2/h9-13,18H,7-8,14-17H2,1-6H3;2-6H,1H3;1-2H3. The lowest BCUT2D eigenvalue weighted by atomic mass is 9.42. The van der Waals surface area contributed by atoms with Gasteiger partial charge in [0, 0.05) is 0 Å². The molecule has 0 amide bonds. The summed E-state index contributed by atoms with van der Waals surface area (Å²) in [6, 6.07) is 21.3. The van der Waals surface area contributed by atoms with Gasteiger partial charge in [0.25, 0.3) is 0 Å². The molecule has 0 heteroatoms. The van der Waals surface area contributed by atoms with Crippen molar-refractivity contribution in [1.82, 2.24) is 0 Å². The van der Waals surface area contributed by atoms with E-state index in [1.54, 1.807) is 0 Å². The van der Waals surface area contributed by atoms with Crippen molar-refractivity contribution in [2.24, 2.45) is 22.2 Å². The van der Waals surface area contributed by atoms with Crippen LogP contribution in [0, 0.1) is 29.1 Å². The van der Waals surface area contributed by atoms with E-state index in [2.05, 4.69) is 90.9 Å². The molecule has 2 unspecified atom stereocenters. The van der Waals surface area contributed by atoms with Crippen LogP contribution in [-0.2, 0) is 6.42 Å². The lowest BCUT2D eigenvalue weighted by Crippen LogP contribution is -2.55. The van der Waals surface area contributed by atoms with Crippen molar-refractivity contribution in [3.05, 3.63) is 71.8 Å². The van der Waals surface area contributed by atoms with Gasteiger partial charge in [-0.15, -0.1) is 0 Å². The molecule has 1 fully saturated rings. The molecule has 0 aliphatic heterocycles. The fourth-order valence-electron chi connectivity index (χ4n) is 5.98. The minimum Gasteiger partial charge on any atom is -0.0683 e. The molecule has 1 aliphatic rings. The Labute approximate surface area is 194 Å². The second-order valence-electron chi connectivity index (χ2n) is 10.1. The van der Waals surface area contributed by atoms with Gasteiger partial charge in [0.15, 0.2) is 0 Å². The van der Waals surface area contributed by atoms with Crippen molar-refractivity contribution in [2.75, 3.05) is 0 Å². The molecule has 1 saturated carbocycles. The number of hydrogen-bond donors (Lipinski definition) is 0. The first-order valence-electron chi connectivity index (χ1n) is 12.8. The largest absolute Gasteiger partial charge is 0.0683 e. The van der Waals surface area contributed by atoms with Gasteiger partial charge in [-0.25, -0.2) is 0 Å². The fourth-order valence-corrected chi connectivity index (χ4v) is 5.98. The molecule has 2 atom stereocenters. The minimum absolute atomic E-state index is 0.399. The van der Waals surface area contributed by atoms with E-state index < -0.39 is 0 Å². The monoisotopic (exact) mass is 422 g/mol. The van der Waals surface area contributed by atoms with Gasteiger partial charge in [-0.3, -0.25) is 0 Å². The molecule has 0 aromatic heterocycles. The van der Waals surface area contributed by atoms with Crippen molar-refractivity contribution in [2.45, 2.75) is 101 Å². The number of hydrogen-bond acceptors (Lipinski definition) is 0. The van der Waals surface area contributed by atoms with Gasteiger partial charge in [-0.2, -0.15) is 0 Å². The third-order valence-corrected chi connectivity index (χ3v) is 8.97. The molecule has 2 aromatic carbocycles. The predicted molar refractivity (Wildman–Crippen MR) is 141 cm³/mol. The molecule has 0 saturated heterocycles. The Kier molecular flexibility index (Phi) is 11.1. The van der Waals surface area contributed by atoms with Crippen LogP contribution < -0.4 is 0 Å². The Bertz CT molecular complexity index is 708. The van der Waals surface area contributed by atoms with Crippen LogP contribution in [-0.4, -0.2) is 0 Å². The molecule has 174 valence electrons. The van der Waals surface area contributed by atoms with Crippen LogP contribution in [0.1, 0.15) is 98.6 Å². The summed E-state index contributed by atoms with van der Waals surface area (Å²) in [6.07, 6.45) is 7.99. The number of benzene rings is 2. The Morgan fingerprint density at radius 2 is 1.29 bits per heavy atom. The van der Waals surface area contributed by atoms with Crippen molar-refractivity contribution >= 4 is 0 Å². The summed E-state index contributed by atoms with van der Waals surface area (Å²) in [5, 5.41) is 0. The van der Waals surface area contributed by atoms with Crippen molar-refractivity contribution < 1.29 is 0 Å². The van der Waals surface area contributed by atoms with Gasteiger partial charge in [0.1, 0.15) is 0 Å². The summed E-state index contributed by atoms with van der Waals surface area (Å²) < 4.78 is 0. The third-order valence-electron chi connectivity index (χ3n) is 8.97. The van der Waals surface area contributed by atoms with Crippen molar-refractivity contribution in [3.63, 3.8) is 0 Å². The SMILES string of the molecule is CC.CCC1(CC)CCC(C)C(C)(CCc2ccccc2)C1(C)C.Cc1ccccc1. The van der Waals surface area contributed by atoms with Gasteiger partial charge < -0.3 is 0 Å². The molecular formula is C31H50. The van der Waals surface area contributed by atoms with Gasteiger partial charge in [0.2, 0.25) is 0 Å². The van der Waals surface area contributed by atoms with Crippen LogP contribution in [0.25, 0.3) is 0 Å². The van der Waals surface area contributed by atoms with Crippen molar-refractivity contribution in [3.8, 4) is 0 Å². The lowest BCUT2D eigenvalue weighted by molar-refractivity contribution is -0.137. The normalized spacial score (nSPS) is 23.6. The highest BCUT2D eigenvalue weighted by atomic mass is 14.6. The molecule has 3 rings (SSSR count). The molecule has 0 heterocycles. The molecular weight excluding hydrogens is 372 g/mol. The van der Waals surface area contributed by atoms with Crippen molar-refractivity contribution in [1.29, 1.82) is 0 Å². The number of rotatable bonds is 5. The van der Waals surface area contributed by atoms with Gasteiger partial charge in [-0.1, -0.05) is 122 Å². The highest BCUT2D eigenvalue weighted by molar-refractivity contribution is 5.16. The first kappa shape index (κ1) is 27.5. The summed E-state index contributed by atoms with van der Waals surface area (Å²) in [4.78, 5) is 0.